The third-order valence-electron chi connectivity index (χ3n) is 26.7. The van der Waals surface area contributed by atoms with Crippen molar-refractivity contribution >= 4 is 117 Å². The minimum absolute atomic E-state index is 0.307. The van der Waals surface area contributed by atoms with Crippen LogP contribution < -0.4 is 20.9 Å². The molecule has 8 aliphatic rings. The molecular formula is C116H90. The lowest BCUT2D eigenvalue weighted by Crippen LogP contribution is -2.39. The van der Waals surface area contributed by atoms with Crippen molar-refractivity contribution in [2.24, 2.45) is 11.8 Å². The summed E-state index contributed by atoms with van der Waals surface area (Å²) in [7, 11) is 0. The van der Waals surface area contributed by atoms with Gasteiger partial charge in [-0.05, 0) is 333 Å². The average molecular weight is 1480 g/mol. The Morgan fingerprint density at radius 3 is 1.01 bits per heavy atom. The maximum Gasteiger partial charge on any atom is -0.00139 e. The Kier molecular flexibility index (Phi) is 17.9. The van der Waals surface area contributed by atoms with Crippen LogP contribution in [0.2, 0.25) is 0 Å². The highest BCUT2D eigenvalue weighted by atomic mass is 14.3. The molecule has 0 spiro atoms. The molecule has 14 aromatic rings. The molecule has 8 aliphatic carbocycles. The van der Waals surface area contributed by atoms with Crippen molar-refractivity contribution < 1.29 is 0 Å². The first-order valence-electron chi connectivity index (χ1n) is 42.7. The van der Waals surface area contributed by atoms with E-state index in [9.17, 15) is 0 Å². The Hall–Kier alpha value is -13.0. The quantitative estimate of drug-likeness (QED) is 0.101. The summed E-state index contributed by atoms with van der Waals surface area (Å²) < 4.78 is 0. The molecule has 0 heterocycles. The monoisotopic (exact) mass is 1480 g/mol. The molecule has 0 radical (unpaired) electrons. The summed E-state index contributed by atoms with van der Waals surface area (Å²) in [5, 5.41) is 21.0. The number of hydrogen-bond donors (Lipinski definition) is 0. The van der Waals surface area contributed by atoms with Gasteiger partial charge in [0.1, 0.15) is 0 Å². The third-order valence-corrected chi connectivity index (χ3v) is 26.7. The normalized spacial score (nSPS) is 17.6. The van der Waals surface area contributed by atoms with Crippen molar-refractivity contribution in [1.82, 2.24) is 0 Å². The van der Waals surface area contributed by atoms with Crippen LogP contribution in [-0.2, 0) is 0 Å². The van der Waals surface area contributed by atoms with Crippen LogP contribution >= 0.6 is 0 Å². The highest BCUT2D eigenvalue weighted by Gasteiger charge is 2.30. The van der Waals surface area contributed by atoms with Crippen LogP contribution in [0, 0.1) is 11.8 Å². The first-order valence-corrected chi connectivity index (χ1v) is 42.7. The van der Waals surface area contributed by atoms with Gasteiger partial charge in [-0.3, -0.25) is 0 Å². The molecule has 0 nitrogen and oxygen atoms in total. The summed E-state index contributed by atoms with van der Waals surface area (Å²) in [5.74, 6) is 0.624. The van der Waals surface area contributed by atoms with Gasteiger partial charge in [0.25, 0.3) is 0 Å². The second-order valence-electron chi connectivity index (χ2n) is 33.1. The minimum atomic E-state index is 0.307. The van der Waals surface area contributed by atoms with Crippen LogP contribution in [-0.4, -0.2) is 0 Å². The zero-order chi connectivity index (χ0) is 76.6. The molecule has 0 heteroatoms. The molecule has 0 aliphatic heterocycles. The summed E-state index contributed by atoms with van der Waals surface area (Å²) in [6, 6.07) is 91.5. The topological polar surface area (TPSA) is 0 Å². The van der Waals surface area contributed by atoms with Gasteiger partial charge in [0.2, 0.25) is 0 Å². The number of rotatable bonds is 13. The fraction of sp³-hybridized carbons (Fsp3) is 0.138. The Morgan fingerprint density at radius 2 is 0.534 bits per heavy atom. The predicted molar refractivity (Wildman–Crippen MR) is 500 cm³/mol. The molecular weight excluding hydrogens is 1390 g/mol. The van der Waals surface area contributed by atoms with Gasteiger partial charge in [-0.15, -0.1) is 0 Å². The lowest BCUT2D eigenvalue weighted by Gasteiger charge is -2.28. The molecule has 0 amide bonds. The van der Waals surface area contributed by atoms with Crippen molar-refractivity contribution in [2.45, 2.75) is 89.9 Å². The Bertz CT molecular complexity index is 7100. The second kappa shape index (κ2) is 29.8. The molecule has 0 aromatic heterocycles. The van der Waals surface area contributed by atoms with Gasteiger partial charge < -0.3 is 0 Å². The highest BCUT2D eigenvalue weighted by Crippen LogP contribution is 2.53. The van der Waals surface area contributed by atoms with Crippen LogP contribution in [0.15, 0.2) is 351 Å². The van der Waals surface area contributed by atoms with E-state index in [1.165, 1.54) is 219 Å². The molecule has 0 N–H and O–H groups in total. The Labute approximate surface area is 680 Å². The van der Waals surface area contributed by atoms with E-state index in [4.69, 9.17) is 0 Å². The Morgan fingerprint density at radius 1 is 0.190 bits per heavy atom. The van der Waals surface area contributed by atoms with E-state index in [2.05, 4.69) is 364 Å². The van der Waals surface area contributed by atoms with E-state index in [1.807, 2.05) is 0 Å². The van der Waals surface area contributed by atoms with Crippen molar-refractivity contribution in [3.8, 4) is 66.8 Å². The van der Waals surface area contributed by atoms with Gasteiger partial charge in [0, 0.05) is 0 Å². The maximum absolute atomic E-state index is 2.76. The Balaban J connectivity index is 0.722. The highest BCUT2D eigenvalue weighted by molar-refractivity contribution is 6.31. The largest absolute Gasteiger partial charge is 0.0842 e. The number of allylic oxidation sites excluding steroid dienone is 24. The number of fused-ring (bicyclic) bond motifs is 8. The number of hydrogen-bond acceptors (Lipinski definition) is 0. The van der Waals surface area contributed by atoms with E-state index in [0.717, 1.165) is 89.9 Å². The molecule has 0 fully saturated rings. The van der Waals surface area contributed by atoms with E-state index < -0.39 is 0 Å². The van der Waals surface area contributed by atoms with Gasteiger partial charge in [-0.2, -0.15) is 0 Å². The molecule has 2 unspecified atom stereocenters. The molecule has 0 bridgehead atoms. The SMILES string of the molecule is C1=CCCC(C2=CC=C(c3ccccc3-c3c4ccccc4c(-c4c5ccccc5c(-c5ccc(-c6ccc7c(C8=CC=CCC8)c8c(c(C9=CC=CCC9)c7c6)=CCC(C6C=c7c(C9=CC=CCC9)c9ccccc9c(-c9ccccc9)c7=CC6)C=8)cc5-c5ccc(C6=CC=CCC6)cc5)c5ccccc45)c4ccccc34)CC2)=C1. The first kappa shape index (κ1) is 69.7. The van der Waals surface area contributed by atoms with Crippen LogP contribution in [0.4, 0.5) is 0 Å². The summed E-state index contributed by atoms with van der Waals surface area (Å²) in [6.45, 7) is 0. The predicted octanol–water partition coefficient (Wildman–Crippen LogP) is 28.8. The van der Waals surface area contributed by atoms with Crippen LogP contribution in [0.25, 0.3) is 184 Å². The van der Waals surface area contributed by atoms with Gasteiger partial charge >= 0.3 is 0 Å². The second-order valence-corrected chi connectivity index (χ2v) is 33.1. The first-order chi connectivity index (χ1) is 57.6. The molecule has 22 rings (SSSR count). The molecule has 116 heavy (non-hydrogen) atoms. The fourth-order valence-electron chi connectivity index (χ4n) is 21.3. The molecule has 2 atom stereocenters. The summed E-state index contributed by atoms with van der Waals surface area (Å²) in [4.78, 5) is 0. The van der Waals surface area contributed by atoms with E-state index in [-0.39, 0.29) is 0 Å². The summed E-state index contributed by atoms with van der Waals surface area (Å²) in [5.41, 5.74) is 32.0. The van der Waals surface area contributed by atoms with Crippen molar-refractivity contribution in [3.63, 3.8) is 0 Å². The average Bonchev–Trinajstić information content (AvgIpc) is 0.713. The van der Waals surface area contributed by atoms with Crippen molar-refractivity contribution in [2.75, 3.05) is 0 Å². The van der Waals surface area contributed by atoms with Gasteiger partial charge in [-0.1, -0.05) is 352 Å². The summed E-state index contributed by atoms with van der Waals surface area (Å²) in [6.07, 6.45) is 65.1. The van der Waals surface area contributed by atoms with E-state index >= 15 is 0 Å². The summed E-state index contributed by atoms with van der Waals surface area (Å²) >= 11 is 0. The smallest absolute Gasteiger partial charge is 0.00139 e. The molecule has 0 saturated heterocycles. The van der Waals surface area contributed by atoms with Gasteiger partial charge in [0.15, 0.2) is 0 Å². The zero-order valence-corrected chi connectivity index (χ0v) is 65.7. The van der Waals surface area contributed by atoms with Crippen LogP contribution in [0.1, 0.15) is 118 Å². The zero-order valence-electron chi connectivity index (χ0n) is 65.7. The lowest BCUT2D eigenvalue weighted by molar-refractivity contribution is 0.544. The minimum Gasteiger partial charge on any atom is -0.0842 e. The lowest BCUT2D eigenvalue weighted by atomic mass is 9.75. The van der Waals surface area contributed by atoms with Gasteiger partial charge in [0.05, 0.1) is 0 Å². The molecule has 0 saturated carbocycles. The van der Waals surface area contributed by atoms with Crippen LogP contribution in [0.3, 0.4) is 0 Å². The van der Waals surface area contributed by atoms with Crippen LogP contribution in [0.5, 0.6) is 0 Å². The fourth-order valence-corrected chi connectivity index (χ4v) is 21.3. The van der Waals surface area contributed by atoms with Crippen molar-refractivity contribution in [1.29, 1.82) is 0 Å². The molecule has 14 aromatic carbocycles. The maximum atomic E-state index is 2.76. The van der Waals surface area contributed by atoms with Crippen molar-refractivity contribution in [3.05, 3.63) is 400 Å². The third kappa shape index (κ3) is 12.1. The van der Waals surface area contributed by atoms with E-state index in [0.29, 0.717) is 11.8 Å². The van der Waals surface area contributed by atoms with E-state index in [1.54, 1.807) is 0 Å². The standard InChI is InChI=1S/C116H90/c1-7-31-75(32-8-1)77-55-59-79(60-56-77)89-43-19-20-44-90(89)113-93-47-23-27-51-97(93)115(98-52-28-24-48-94(98)113)116-99-53-29-25-49-95(99)114(96-50-26-30-54-100(96)116)101-67-63-85(71-105(101)80-61-57-78(58-62-80)76-33-9-2-10-34-76)86-65-69-103-107(72-86)111(83-39-15-5-16-40-83)104-70-66-88(74-108(104)112(103)84-41-17-6-18-42-84)87-64-68-102-106(73-87)110(82-37-13-4-14-38-82)92-46-22-21-45-91(92)109(102)81-35-11-3-12-36-81/h1-7,9,11-13,15,17,19-31,33,35-37,39,41,43-55,57-59,61-63,65,67-74,87-88H,8,10,14,16,18,32,34,38,40,42,56,60,64,66H2. The van der Waals surface area contributed by atoms with Gasteiger partial charge in [-0.25, -0.2) is 0 Å². The molecule has 554 valence electrons. The number of benzene rings is 14.